The molecular formula is C31H44N4O3S. The summed E-state index contributed by atoms with van der Waals surface area (Å²) < 4.78 is 5.39. The molecule has 212 valence electrons. The minimum atomic E-state index is -0.485. The lowest BCUT2D eigenvalue weighted by Crippen LogP contribution is -2.50. The minimum Gasteiger partial charge on any atom is -0.497 e. The topological polar surface area (TPSA) is 87.9 Å². The van der Waals surface area contributed by atoms with E-state index in [-0.39, 0.29) is 29.9 Å². The van der Waals surface area contributed by atoms with Crippen LogP contribution in [0.25, 0.3) is 0 Å². The van der Waals surface area contributed by atoms with Gasteiger partial charge in [0.05, 0.1) is 7.11 Å². The number of thiophene rings is 1. The number of hydrogen-bond acceptors (Lipinski definition) is 6. The predicted molar refractivity (Wildman–Crippen MR) is 156 cm³/mol. The molecular weight excluding hydrogens is 508 g/mol. The van der Waals surface area contributed by atoms with Gasteiger partial charge in [0.2, 0.25) is 5.91 Å². The molecule has 0 bridgehead atoms. The molecule has 2 saturated carbocycles. The van der Waals surface area contributed by atoms with E-state index in [4.69, 9.17) is 10.5 Å². The van der Waals surface area contributed by atoms with Crippen LogP contribution in [0.1, 0.15) is 79.4 Å². The monoisotopic (exact) mass is 552 g/mol. The number of likely N-dealkylation sites (tertiary alicyclic amines) is 1. The normalized spacial score (nSPS) is 26.1. The Morgan fingerprint density at radius 3 is 2.59 bits per heavy atom. The molecule has 3 fully saturated rings. The van der Waals surface area contributed by atoms with Gasteiger partial charge in [0.1, 0.15) is 11.8 Å². The standard InChI is InChI=1S/C31H44N4O3S/c1-38-27-10-5-9-23(17-27)31(37)35-20-26(18-29(35)30(36)33-25-14-12-24(32)13-15-25)34(21-28-11-6-16-39-28)19-22-7-3-2-4-8-22/h5-6,9-11,16-17,22,24-26,29H,2-4,7-8,12-15,18-21,32H2,1H3,(H,33,36). The van der Waals surface area contributed by atoms with Crippen molar-refractivity contribution in [2.75, 3.05) is 20.2 Å². The Morgan fingerprint density at radius 2 is 1.87 bits per heavy atom. The Bertz CT molecular complexity index is 1080. The van der Waals surface area contributed by atoms with Gasteiger partial charge in [-0.25, -0.2) is 0 Å². The zero-order valence-electron chi connectivity index (χ0n) is 23.2. The predicted octanol–water partition coefficient (Wildman–Crippen LogP) is 4.81. The average Bonchev–Trinajstić information content (AvgIpc) is 3.65. The van der Waals surface area contributed by atoms with Crippen molar-refractivity contribution in [1.82, 2.24) is 15.1 Å². The van der Waals surface area contributed by atoms with E-state index in [0.29, 0.717) is 30.2 Å². The van der Waals surface area contributed by atoms with Gasteiger partial charge < -0.3 is 20.7 Å². The van der Waals surface area contributed by atoms with Crippen molar-refractivity contribution < 1.29 is 14.3 Å². The third-order valence-electron chi connectivity index (χ3n) is 8.95. The van der Waals surface area contributed by atoms with Crippen LogP contribution in [-0.2, 0) is 11.3 Å². The lowest BCUT2D eigenvalue weighted by molar-refractivity contribution is -0.125. The van der Waals surface area contributed by atoms with Crippen LogP contribution in [0.3, 0.4) is 0 Å². The van der Waals surface area contributed by atoms with Gasteiger partial charge in [-0.3, -0.25) is 14.5 Å². The number of carbonyl (C=O) groups is 2. The second-order valence-electron chi connectivity index (χ2n) is 11.7. The number of nitrogens with zero attached hydrogens (tertiary/aromatic N) is 2. The molecule has 2 atom stereocenters. The van der Waals surface area contributed by atoms with Gasteiger partial charge in [0, 0.05) is 48.2 Å². The van der Waals surface area contributed by atoms with E-state index in [9.17, 15) is 9.59 Å². The summed E-state index contributed by atoms with van der Waals surface area (Å²) in [4.78, 5) is 33.4. The average molecular weight is 553 g/mol. The zero-order valence-corrected chi connectivity index (χ0v) is 24.0. The molecule has 3 aliphatic rings. The Kier molecular flexibility index (Phi) is 9.58. The number of hydrogen-bond donors (Lipinski definition) is 2. The third kappa shape index (κ3) is 7.21. The molecule has 0 radical (unpaired) electrons. The van der Waals surface area contributed by atoms with Crippen molar-refractivity contribution in [3.8, 4) is 5.75 Å². The number of rotatable bonds is 9. The van der Waals surface area contributed by atoms with Gasteiger partial charge in [0.25, 0.3) is 5.91 Å². The molecule has 1 aromatic carbocycles. The summed E-state index contributed by atoms with van der Waals surface area (Å²) >= 11 is 1.79. The Balaban J connectivity index is 1.37. The molecule has 0 spiro atoms. The SMILES string of the molecule is COc1cccc(C(=O)N2CC(N(Cc3cccs3)CC3CCCCC3)CC2C(=O)NC2CCC(N)CC2)c1. The summed E-state index contributed by atoms with van der Waals surface area (Å²) in [5.41, 5.74) is 6.67. The highest BCUT2D eigenvalue weighted by atomic mass is 32.1. The van der Waals surface area contributed by atoms with Crippen molar-refractivity contribution >= 4 is 23.2 Å². The molecule has 1 aromatic heterocycles. The van der Waals surface area contributed by atoms with Gasteiger partial charge in [0.15, 0.2) is 0 Å². The molecule has 1 saturated heterocycles. The number of ether oxygens (including phenoxy) is 1. The fourth-order valence-corrected chi connectivity index (χ4v) is 7.41. The van der Waals surface area contributed by atoms with E-state index >= 15 is 0 Å². The van der Waals surface area contributed by atoms with E-state index in [1.54, 1.807) is 24.5 Å². The van der Waals surface area contributed by atoms with Crippen molar-refractivity contribution in [2.45, 2.75) is 94.9 Å². The molecule has 7 nitrogen and oxygen atoms in total. The molecule has 2 amide bonds. The van der Waals surface area contributed by atoms with E-state index in [1.807, 2.05) is 23.1 Å². The largest absolute Gasteiger partial charge is 0.497 e. The third-order valence-corrected chi connectivity index (χ3v) is 9.81. The molecule has 2 aliphatic carbocycles. The van der Waals surface area contributed by atoms with Crippen LogP contribution in [0.5, 0.6) is 5.75 Å². The molecule has 2 heterocycles. The number of nitrogens with two attached hydrogens (primary N) is 1. The number of benzene rings is 1. The maximum Gasteiger partial charge on any atom is 0.254 e. The van der Waals surface area contributed by atoms with Crippen LogP contribution >= 0.6 is 11.3 Å². The lowest BCUT2D eigenvalue weighted by Gasteiger charge is -2.33. The Hall–Kier alpha value is -2.42. The van der Waals surface area contributed by atoms with Crippen LogP contribution in [-0.4, -0.2) is 66.0 Å². The van der Waals surface area contributed by atoms with Crippen LogP contribution in [0.4, 0.5) is 0 Å². The molecule has 2 aromatic rings. The maximum absolute atomic E-state index is 13.9. The van der Waals surface area contributed by atoms with E-state index in [0.717, 1.165) is 38.8 Å². The van der Waals surface area contributed by atoms with Crippen molar-refractivity contribution in [3.05, 3.63) is 52.2 Å². The molecule has 39 heavy (non-hydrogen) atoms. The van der Waals surface area contributed by atoms with Gasteiger partial charge in [-0.05, 0) is 80.5 Å². The highest BCUT2D eigenvalue weighted by Crippen LogP contribution is 2.31. The summed E-state index contributed by atoms with van der Waals surface area (Å²) in [7, 11) is 1.61. The summed E-state index contributed by atoms with van der Waals surface area (Å²) in [6, 6.07) is 11.6. The van der Waals surface area contributed by atoms with Gasteiger partial charge >= 0.3 is 0 Å². The minimum absolute atomic E-state index is 0.0250. The quantitative estimate of drug-likeness (QED) is 0.466. The van der Waals surface area contributed by atoms with Gasteiger partial charge in [-0.15, -0.1) is 11.3 Å². The molecule has 5 rings (SSSR count). The van der Waals surface area contributed by atoms with Gasteiger partial charge in [-0.2, -0.15) is 0 Å². The van der Waals surface area contributed by atoms with Crippen LogP contribution in [0, 0.1) is 5.92 Å². The summed E-state index contributed by atoms with van der Waals surface area (Å²) in [6.45, 7) is 2.45. The van der Waals surface area contributed by atoms with E-state index in [2.05, 4.69) is 27.7 Å². The first-order valence-corrected chi connectivity index (χ1v) is 15.7. The van der Waals surface area contributed by atoms with Crippen LogP contribution in [0.2, 0.25) is 0 Å². The first-order valence-electron chi connectivity index (χ1n) is 14.8. The Morgan fingerprint density at radius 1 is 1.08 bits per heavy atom. The first kappa shape index (κ1) is 28.1. The first-order chi connectivity index (χ1) is 19.0. The molecule has 3 N–H and O–H groups in total. The van der Waals surface area contributed by atoms with Crippen LogP contribution < -0.4 is 15.8 Å². The van der Waals surface area contributed by atoms with Crippen molar-refractivity contribution in [1.29, 1.82) is 0 Å². The number of carbonyl (C=O) groups excluding carboxylic acids is 2. The highest BCUT2D eigenvalue weighted by molar-refractivity contribution is 7.09. The van der Waals surface area contributed by atoms with E-state index < -0.39 is 6.04 Å². The van der Waals surface area contributed by atoms with Crippen LogP contribution in [0.15, 0.2) is 41.8 Å². The lowest BCUT2D eigenvalue weighted by atomic mass is 9.88. The fourth-order valence-electron chi connectivity index (χ4n) is 6.68. The van der Waals surface area contributed by atoms with Gasteiger partial charge in [-0.1, -0.05) is 31.4 Å². The zero-order chi connectivity index (χ0) is 27.2. The smallest absolute Gasteiger partial charge is 0.254 e. The summed E-state index contributed by atoms with van der Waals surface area (Å²) in [5, 5.41) is 5.43. The summed E-state index contributed by atoms with van der Waals surface area (Å²) in [5.74, 6) is 1.20. The number of methoxy groups -OCH3 is 1. The number of nitrogens with one attached hydrogen (secondary N) is 1. The molecule has 1 aliphatic heterocycles. The second-order valence-corrected chi connectivity index (χ2v) is 12.8. The molecule has 8 heteroatoms. The number of amides is 2. The van der Waals surface area contributed by atoms with E-state index in [1.165, 1.54) is 37.0 Å². The van der Waals surface area contributed by atoms with Crippen molar-refractivity contribution in [2.24, 2.45) is 11.7 Å². The fraction of sp³-hybridized carbons (Fsp3) is 0.613. The van der Waals surface area contributed by atoms with Crippen molar-refractivity contribution in [3.63, 3.8) is 0 Å². The summed E-state index contributed by atoms with van der Waals surface area (Å²) in [6.07, 6.45) is 10.8. The molecule has 2 unspecified atom stereocenters. The second kappa shape index (κ2) is 13.3. The highest BCUT2D eigenvalue weighted by Gasteiger charge is 2.43. The Labute approximate surface area is 237 Å². The maximum atomic E-state index is 13.9.